The van der Waals surface area contributed by atoms with Crippen molar-refractivity contribution in [3.05, 3.63) is 11.1 Å². The molecule has 0 saturated carbocycles. The zero-order chi connectivity index (χ0) is 15.9. The first-order chi connectivity index (χ1) is 9.98. The quantitative estimate of drug-likeness (QED) is 0.658. The lowest BCUT2D eigenvalue weighted by Crippen LogP contribution is -2.18. The van der Waals surface area contributed by atoms with Gasteiger partial charge >= 0.3 is 7.60 Å². The molecule has 0 amide bonds. The van der Waals surface area contributed by atoms with Crippen LogP contribution in [0.15, 0.2) is 11.1 Å². The molecule has 7 heteroatoms. The molecule has 0 aromatic carbocycles. The highest BCUT2D eigenvalue weighted by Crippen LogP contribution is 2.62. The van der Waals surface area contributed by atoms with Gasteiger partial charge in [0, 0.05) is 18.8 Å². The van der Waals surface area contributed by atoms with Crippen molar-refractivity contribution in [1.29, 1.82) is 0 Å². The first-order valence-corrected chi connectivity index (χ1v) is 9.98. The molecule has 1 aliphatic carbocycles. The molecule has 21 heavy (non-hydrogen) atoms. The molecule has 1 rings (SSSR count). The van der Waals surface area contributed by atoms with E-state index in [1.54, 1.807) is 13.8 Å². The molecule has 0 saturated heterocycles. The molecule has 0 spiro atoms. The maximum absolute atomic E-state index is 12.9. The number of aliphatic hydroxyl groups is 1. The minimum absolute atomic E-state index is 0.0502. The summed E-state index contributed by atoms with van der Waals surface area (Å²) in [6.07, 6.45) is 2.23. The second kappa shape index (κ2) is 8.99. The van der Waals surface area contributed by atoms with Crippen LogP contribution in [0.4, 0.5) is 0 Å². The Morgan fingerprint density at radius 1 is 1.33 bits per heavy atom. The third-order valence-corrected chi connectivity index (χ3v) is 6.45. The third-order valence-electron chi connectivity index (χ3n) is 3.26. The SMILES string of the molecule is CCOP(=O)(OCC)C1=C(O)CCC[C@@H]1CC(=O)SCC. The van der Waals surface area contributed by atoms with Crippen LogP contribution < -0.4 is 0 Å². The minimum Gasteiger partial charge on any atom is -0.512 e. The summed E-state index contributed by atoms with van der Waals surface area (Å²) in [5.74, 6) is 0.533. The van der Waals surface area contributed by atoms with E-state index >= 15 is 0 Å². The zero-order valence-electron chi connectivity index (χ0n) is 13.0. The van der Waals surface area contributed by atoms with Crippen molar-refractivity contribution in [3.8, 4) is 0 Å². The summed E-state index contributed by atoms with van der Waals surface area (Å²) in [6, 6.07) is 0. The number of allylic oxidation sites excluding steroid dienone is 2. The summed E-state index contributed by atoms with van der Waals surface area (Å²) >= 11 is 1.25. The van der Waals surface area contributed by atoms with E-state index in [0.717, 1.165) is 12.8 Å². The maximum atomic E-state index is 12.9. The Kier molecular flexibility index (Phi) is 8.03. The van der Waals surface area contributed by atoms with Crippen molar-refractivity contribution in [1.82, 2.24) is 0 Å². The monoisotopic (exact) mass is 336 g/mol. The van der Waals surface area contributed by atoms with E-state index in [4.69, 9.17) is 9.05 Å². The van der Waals surface area contributed by atoms with Crippen LogP contribution in [0.5, 0.6) is 0 Å². The number of thioether (sulfide) groups is 1. The van der Waals surface area contributed by atoms with Crippen LogP contribution in [-0.2, 0) is 18.4 Å². The smallest absolute Gasteiger partial charge is 0.360 e. The van der Waals surface area contributed by atoms with Crippen LogP contribution in [0.3, 0.4) is 0 Å². The summed E-state index contributed by atoms with van der Waals surface area (Å²) in [6.45, 7) is 5.86. The largest absolute Gasteiger partial charge is 0.512 e. The fourth-order valence-electron chi connectivity index (χ4n) is 2.53. The third kappa shape index (κ3) is 5.13. The predicted octanol–water partition coefficient (Wildman–Crippen LogP) is 4.49. The van der Waals surface area contributed by atoms with Crippen molar-refractivity contribution in [3.63, 3.8) is 0 Å². The molecule has 0 aromatic rings. The van der Waals surface area contributed by atoms with Gasteiger partial charge in [-0.15, -0.1) is 0 Å². The molecule has 5 nitrogen and oxygen atoms in total. The fraction of sp³-hybridized carbons (Fsp3) is 0.786. The van der Waals surface area contributed by atoms with Gasteiger partial charge in [0.25, 0.3) is 0 Å². The van der Waals surface area contributed by atoms with Gasteiger partial charge < -0.3 is 14.2 Å². The first kappa shape index (κ1) is 18.8. The first-order valence-electron chi connectivity index (χ1n) is 7.45. The number of aliphatic hydroxyl groups excluding tert-OH is 1. The molecule has 0 fully saturated rings. The molecular weight excluding hydrogens is 311 g/mol. The van der Waals surface area contributed by atoms with E-state index in [0.29, 0.717) is 17.5 Å². The highest BCUT2D eigenvalue weighted by molar-refractivity contribution is 8.13. The van der Waals surface area contributed by atoms with Crippen molar-refractivity contribution < 1.29 is 23.5 Å². The van der Waals surface area contributed by atoms with Gasteiger partial charge in [0.1, 0.15) is 5.76 Å². The average Bonchev–Trinajstić information content (AvgIpc) is 2.39. The van der Waals surface area contributed by atoms with E-state index < -0.39 is 7.60 Å². The van der Waals surface area contributed by atoms with Crippen molar-refractivity contribution in [2.75, 3.05) is 19.0 Å². The van der Waals surface area contributed by atoms with Gasteiger partial charge in [-0.3, -0.25) is 9.36 Å². The predicted molar refractivity (Wildman–Crippen MR) is 85.6 cm³/mol. The Hall–Kier alpha value is -0.290. The van der Waals surface area contributed by atoms with Crippen LogP contribution in [0.2, 0.25) is 0 Å². The van der Waals surface area contributed by atoms with E-state index in [1.807, 2.05) is 6.92 Å². The van der Waals surface area contributed by atoms with Crippen LogP contribution in [0.25, 0.3) is 0 Å². The summed E-state index contributed by atoms with van der Waals surface area (Å²) in [5, 5.41) is 10.6. The van der Waals surface area contributed by atoms with Crippen LogP contribution >= 0.6 is 19.4 Å². The average molecular weight is 336 g/mol. The lowest BCUT2D eigenvalue weighted by Gasteiger charge is -2.30. The van der Waals surface area contributed by atoms with Gasteiger partial charge in [-0.05, 0) is 32.4 Å². The van der Waals surface area contributed by atoms with Crippen LogP contribution in [0.1, 0.15) is 46.5 Å². The minimum atomic E-state index is -3.51. The number of carbonyl (C=O) groups is 1. The molecule has 0 bridgehead atoms. The van der Waals surface area contributed by atoms with E-state index in [-0.39, 0.29) is 36.4 Å². The van der Waals surface area contributed by atoms with Gasteiger partial charge in [0.05, 0.1) is 18.5 Å². The molecule has 1 aliphatic rings. The summed E-state index contributed by atoms with van der Waals surface area (Å²) in [5.41, 5.74) is 0. The second-order valence-corrected chi connectivity index (χ2v) is 8.08. The molecular formula is C14H25O5PS. The molecule has 0 heterocycles. The fourth-order valence-corrected chi connectivity index (χ4v) is 5.30. The number of hydrogen-bond acceptors (Lipinski definition) is 6. The molecule has 0 aliphatic heterocycles. The van der Waals surface area contributed by atoms with E-state index in [2.05, 4.69) is 0 Å². The molecule has 122 valence electrons. The molecule has 0 unspecified atom stereocenters. The van der Waals surface area contributed by atoms with Gasteiger partial charge in [0.15, 0.2) is 5.12 Å². The van der Waals surface area contributed by atoms with Crippen molar-refractivity contribution in [2.45, 2.75) is 46.5 Å². The normalized spacial score (nSPS) is 19.9. The summed E-state index contributed by atoms with van der Waals surface area (Å²) in [4.78, 5) is 11.9. The summed E-state index contributed by atoms with van der Waals surface area (Å²) in [7, 11) is -3.51. The molecule has 0 radical (unpaired) electrons. The van der Waals surface area contributed by atoms with Crippen molar-refractivity contribution in [2.24, 2.45) is 5.92 Å². The number of hydrogen-bond donors (Lipinski definition) is 1. The second-order valence-electron chi connectivity index (χ2n) is 4.76. The molecule has 1 atom stereocenters. The molecule has 0 aromatic heterocycles. The maximum Gasteiger partial charge on any atom is 0.360 e. The van der Waals surface area contributed by atoms with Gasteiger partial charge in [-0.1, -0.05) is 18.7 Å². The Balaban J connectivity index is 3.05. The summed E-state index contributed by atoms with van der Waals surface area (Å²) < 4.78 is 23.6. The molecule has 1 N–H and O–H groups in total. The van der Waals surface area contributed by atoms with E-state index in [9.17, 15) is 14.5 Å². The Morgan fingerprint density at radius 2 is 1.95 bits per heavy atom. The Morgan fingerprint density at radius 3 is 2.48 bits per heavy atom. The number of rotatable bonds is 8. The van der Waals surface area contributed by atoms with Crippen LogP contribution in [-0.4, -0.2) is 29.2 Å². The van der Waals surface area contributed by atoms with Gasteiger partial charge in [-0.2, -0.15) is 0 Å². The zero-order valence-corrected chi connectivity index (χ0v) is 14.7. The highest BCUT2D eigenvalue weighted by Gasteiger charge is 2.40. The van der Waals surface area contributed by atoms with Gasteiger partial charge in [-0.25, -0.2) is 0 Å². The van der Waals surface area contributed by atoms with Gasteiger partial charge in [0.2, 0.25) is 0 Å². The Labute approximate surface area is 131 Å². The van der Waals surface area contributed by atoms with Crippen molar-refractivity contribution >= 4 is 24.5 Å². The highest BCUT2D eigenvalue weighted by atomic mass is 32.2. The lowest BCUT2D eigenvalue weighted by molar-refractivity contribution is -0.111. The topological polar surface area (TPSA) is 72.8 Å². The van der Waals surface area contributed by atoms with E-state index in [1.165, 1.54) is 11.8 Å². The number of carbonyl (C=O) groups excluding carboxylic acids is 1. The lowest BCUT2D eigenvalue weighted by atomic mass is 9.92. The Bertz CT molecular complexity index is 425. The standard InChI is InChI=1S/C14H25O5PS/c1-4-18-20(17,19-5-2)14-11(8-7-9-12(14)15)10-13(16)21-6-3/h11,15H,4-10H2,1-3H3/t11-/m1/s1. The van der Waals surface area contributed by atoms with Crippen LogP contribution in [0, 0.1) is 5.92 Å².